The van der Waals surface area contributed by atoms with Gasteiger partial charge in [0.15, 0.2) is 0 Å². The summed E-state index contributed by atoms with van der Waals surface area (Å²) in [4.78, 5) is 0. The summed E-state index contributed by atoms with van der Waals surface area (Å²) in [7, 11) is 0. The zero-order chi connectivity index (χ0) is 11.6. The second-order valence-electron chi connectivity index (χ2n) is 4.90. The third-order valence-electron chi connectivity index (χ3n) is 3.98. The van der Waals surface area contributed by atoms with Crippen molar-refractivity contribution in [3.8, 4) is 0 Å². The summed E-state index contributed by atoms with van der Waals surface area (Å²) in [5.41, 5.74) is 7.70. The summed E-state index contributed by atoms with van der Waals surface area (Å²) in [6, 6.07) is 8.08. The maximum Gasteiger partial charge on any atom is 0.0438 e. The quantitative estimate of drug-likeness (QED) is 0.824. The van der Waals surface area contributed by atoms with Gasteiger partial charge in [-0.1, -0.05) is 49.9 Å². The van der Waals surface area contributed by atoms with Crippen LogP contribution in [0.1, 0.15) is 44.6 Å². The topological polar surface area (TPSA) is 26.0 Å². The van der Waals surface area contributed by atoms with E-state index in [9.17, 15) is 0 Å². The van der Waals surface area contributed by atoms with E-state index in [1.165, 1.54) is 24.8 Å². The van der Waals surface area contributed by atoms with Crippen LogP contribution in [-0.2, 0) is 5.54 Å². The third kappa shape index (κ3) is 2.11. The van der Waals surface area contributed by atoms with E-state index in [-0.39, 0.29) is 5.54 Å². The molecule has 1 aliphatic rings. The lowest BCUT2D eigenvalue weighted by Gasteiger charge is -2.41. The van der Waals surface area contributed by atoms with Crippen LogP contribution in [0.25, 0.3) is 0 Å². The number of hydrogen-bond donors (Lipinski definition) is 1. The van der Waals surface area contributed by atoms with Gasteiger partial charge in [-0.25, -0.2) is 0 Å². The average Bonchev–Trinajstić information content (AvgIpc) is 2.30. The molecular formula is C14H20ClN. The van der Waals surface area contributed by atoms with Gasteiger partial charge in [0.25, 0.3) is 0 Å². The molecule has 0 aromatic heterocycles. The molecule has 0 aliphatic heterocycles. The van der Waals surface area contributed by atoms with E-state index in [4.69, 9.17) is 17.3 Å². The molecule has 1 aliphatic carbocycles. The Morgan fingerprint density at radius 1 is 1.44 bits per heavy atom. The second-order valence-corrected chi connectivity index (χ2v) is 5.34. The van der Waals surface area contributed by atoms with Crippen molar-refractivity contribution in [3.05, 3.63) is 34.9 Å². The molecule has 2 heteroatoms. The minimum atomic E-state index is -0.155. The number of rotatable bonds is 2. The molecule has 0 radical (unpaired) electrons. The molecule has 1 fully saturated rings. The van der Waals surface area contributed by atoms with Crippen LogP contribution >= 0.6 is 11.6 Å². The molecule has 0 saturated heterocycles. The SMILES string of the molecule is CCC1CCCCC1(N)c1cccc(Cl)c1. The van der Waals surface area contributed by atoms with Crippen molar-refractivity contribution >= 4 is 11.6 Å². The highest BCUT2D eigenvalue weighted by molar-refractivity contribution is 6.30. The molecule has 2 N–H and O–H groups in total. The largest absolute Gasteiger partial charge is 0.321 e. The second kappa shape index (κ2) is 4.77. The zero-order valence-electron chi connectivity index (χ0n) is 9.88. The lowest BCUT2D eigenvalue weighted by atomic mass is 9.68. The number of hydrogen-bond acceptors (Lipinski definition) is 1. The van der Waals surface area contributed by atoms with Crippen LogP contribution in [0.3, 0.4) is 0 Å². The van der Waals surface area contributed by atoms with Crippen molar-refractivity contribution in [2.75, 3.05) is 0 Å². The number of nitrogens with two attached hydrogens (primary N) is 1. The molecule has 0 spiro atoms. The molecule has 2 atom stereocenters. The Morgan fingerprint density at radius 2 is 2.25 bits per heavy atom. The van der Waals surface area contributed by atoms with Crippen molar-refractivity contribution in [2.24, 2.45) is 11.7 Å². The summed E-state index contributed by atoms with van der Waals surface area (Å²) in [6.07, 6.45) is 6.05. The van der Waals surface area contributed by atoms with E-state index in [0.29, 0.717) is 5.92 Å². The fourth-order valence-corrected chi connectivity index (χ4v) is 3.19. The minimum absolute atomic E-state index is 0.155. The van der Waals surface area contributed by atoms with Crippen LogP contribution in [0.2, 0.25) is 5.02 Å². The average molecular weight is 238 g/mol. The van der Waals surface area contributed by atoms with Crippen LogP contribution in [0.4, 0.5) is 0 Å². The molecule has 1 aromatic carbocycles. The Balaban J connectivity index is 2.34. The Labute approximate surface area is 103 Å². The minimum Gasteiger partial charge on any atom is -0.321 e. The van der Waals surface area contributed by atoms with Gasteiger partial charge in [-0.2, -0.15) is 0 Å². The van der Waals surface area contributed by atoms with Gasteiger partial charge >= 0.3 is 0 Å². The Hall–Kier alpha value is -0.530. The van der Waals surface area contributed by atoms with Gasteiger partial charge < -0.3 is 5.73 Å². The Bertz CT molecular complexity index is 364. The van der Waals surface area contributed by atoms with Crippen LogP contribution < -0.4 is 5.73 Å². The van der Waals surface area contributed by atoms with Crippen molar-refractivity contribution in [2.45, 2.75) is 44.6 Å². The first kappa shape index (κ1) is 11.9. The van der Waals surface area contributed by atoms with E-state index in [1.807, 2.05) is 18.2 Å². The monoisotopic (exact) mass is 237 g/mol. The van der Waals surface area contributed by atoms with E-state index >= 15 is 0 Å². The first-order valence-corrected chi connectivity index (χ1v) is 6.59. The first-order valence-electron chi connectivity index (χ1n) is 6.21. The van der Waals surface area contributed by atoms with E-state index < -0.39 is 0 Å². The summed E-state index contributed by atoms with van der Waals surface area (Å²) < 4.78 is 0. The molecule has 1 saturated carbocycles. The molecule has 0 bridgehead atoms. The van der Waals surface area contributed by atoms with Gasteiger partial charge in [-0.3, -0.25) is 0 Å². The standard InChI is InChI=1S/C14H20ClN/c1-2-11-6-3-4-9-14(11,16)12-7-5-8-13(15)10-12/h5,7-8,10-11H,2-4,6,9,16H2,1H3. The fourth-order valence-electron chi connectivity index (χ4n) is 3.00. The summed E-state index contributed by atoms with van der Waals surface area (Å²) in [5, 5.41) is 0.794. The Kier molecular flexibility index (Phi) is 3.56. The molecule has 2 unspecified atom stereocenters. The predicted octanol–water partition coefficient (Wildman–Crippen LogP) is 4.09. The van der Waals surface area contributed by atoms with Gasteiger partial charge in [0.05, 0.1) is 0 Å². The van der Waals surface area contributed by atoms with Crippen LogP contribution in [0, 0.1) is 5.92 Å². The van der Waals surface area contributed by atoms with Crippen molar-refractivity contribution in [1.29, 1.82) is 0 Å². The van der Waals surface area contributed by atoms with Crippen LogP contribution in [0.15, 0.2) is 24.3 Å². The van der Waals surface area contributed by atoms with Crippen molar-refractivity contribution in [3.63, 3.8) is 0 Å². The van der Waals surface area contributed by atoms with Crippen LogP contribution in [-0.4, -0.2) is 0 Å². The van der Waals surface area contributed by atoms with Gasteiger partial charge in [0.1, 0.15) is 0 Å². The molecule has 1 aromatic rings. The van der Waals surface area contributed by atoms with E-state index in [1.54, 1.807) is 0 Å². The third-order valence-corrected chi connectivity index (χ3v) is 4.21. The van der Waals surface area contributed by atoms with Crippen LogP contribution in [0.5, 0.6) is 0 Å². The van der Waals surface area contributed by atoms with E-state index in [2.05, 4.69) is 13.0 Å². The predicted molar refractivity (Wildman–Crippen MR) is 69.6 cm³/mol. The highest BCUT2D eigenvalue weighted by atomic mass is 35.5. The van der Waals surface area contributed by atoms with Gasteiger partial charge in [0, 0.05) is 10.6 Å². The Morgan fingerprint density at radius 3 is 2.94 bits per heavy atom. The zero-order valence-corrected chi connectivity index (χ0v) is 10.6. The summed E-state index contributed by atoms with van der Waals surface area (Å²) >= 11 is 6.06. The molecular weight excluding hydrogens is 218 g/mol. The lowest BCUT2D eigenvalue weighted by molar-refractivity contribution is 0.184. The number of halogens is 1. The van der Waals surface area contributed by atoms with Gasteiger partial charge in [-0.15, -0.1) is 0 Å². The molecule has 2 rings (SSSR count). The molecule has 88 valence electrons. The number of benzene rings is 1. The molecule has 1 nitrogen and oxygen atoms in total. The highest BCUT2D eigenvalue weighted by Crippen LogP contribution is 2.41. The molecule has 0 amide bonds. The normalized spacial score (nSPS) is 30.3. The van der Waals surface area contributed by atoms with Gasteiger partial charge in [0.2, 0.25) is 0 Å². The lowest BCUT2D eigenvalue weighted by Crippen LogP contribution is -2.46. The molecule has 16 heavy (non-hydrogen) atoms. The highest BCUT2D eigenvalue weighted by Gasteiger charge is 2.37. The maximum atomic E-state index is 6.65. The molecule has 0 heterocycles. The smallest absolute Gasteiger partial charge is 0.0438 e. The summed E-state index contributed by atoms with van der Waals surface area (Å²) in [5.74, 6) is 0.597. The fraction of sp³-hybridized carbons (Fsp3) is 0.571. The van der Waals surface area contributed by atoms with E-state index in [0.717, 1.165) is 17.9 Å². The first-order chi connectivity index (χ1) is 7.66. The van der Waals surface area contributed by atoms with Gasteiger partial charge in [-0.05, 0) is 36.5 Å². The maximum absolute atomic E-state index is 6.65. The van der Waals surface area contributed by atoms with Crippen molar-refractivity contribution in [1.82, 2.24) is 0 Å². The summed E-state index contributed by atoms with van der Waals surface area (Å²) in [6.45, 7) is 2.24. The van der Waals surface area contributed by atoms with Crippen molar-refractivity contribution < 1.29 is 0 Å².